The third kappa shape index (κ3) is 1.81. The van der Waals surface area contributed by atoms with Crippen molar-refractivity contribution in [2.24, 2.45) is 11.8 Å². The normalized spacial score (nSPS) is 31.9. The van der Waals surface area contributed by atoms with Gasteiger partial charge in [0.15, 0.2) is 11.5 Å². The van der Waals surface area contributed by atoms with Gasteiger partial charge >= 0.3 is 0 Å². The summed E-state index contributed by atoms with van der Waals surface area (Å²) in [5.41, 5.74) is 0. The minimum Gasteiger partial charge on any atom is -0.504 e. The molecule has 1 N–H and O–H groups in total. The van der Waals surface area contributed by atoms with Crippen molar-refractivity contribution in [1.82, 2.24) is 0 Å². The van der Waals surface area contributed by atoms with E-state index in [2.05, 4.69) is 15.9 Å². The van der Waals surface area contributed by atoms with Crippen LogP contribution >= 0.6 is 15.9 Å². The molecule has 0 aromatic heterocycles. The number of aromatic hydroxyl groups is 1. The van der Waals surface area contributed by atoms with Gasteiger partial charge < -0.3 is 9.84 Å². The highest BCUT2D eigenvalue weighted by Crippen LogP contribution is 2.46. The highest BCUT2D eigenvalue weighted by molar-refractivity contribution is 9.10. The summed E-state index contributed by atoms with van der Waals surface area (Å²) in [5, 5.41) is 9.72. The fourth-order valence-corrected chi connectivity index (χ4v) is 3.42. The molecule has 3 atom stereocenters. The molecule has 1 aromatic carbocycles. The predicted octanol–water partition coefficient (Wildman–Crippen LogP) is 3.72. The van der Waals surface area contributed by atoms with Crippen LogP contribution in [0.5, 0.6) is 11.5 Å². The topological polar surface area (TPSA) is 29.5 Å². The summed E-state index contributed by atoms with van der Waals surface area (Å²) in [4.78, 5) is 0. The van der Waals surface area contributed by atoms with Gasteiger partial charge in [0.1, 0.15) is 6.10 Å². The third-order valence-electron chi connectivity index (χ3n) is 3.87. The van der Waals surface area contributed by atoms with E-state index in [1.165, 1.54) is 19.3 Å². The number of ether oxygens (including phenoxy) is 1. The van der Waals surface area contributed by atoms with Crippen LogP contribution in [0.3, 0.4) is 0 Å². The first-order chi connectivity index (χ1) is 7.72. The molecule has 2 nitrogen and oxygen atoms in total. The van der Waals surface area contributed by atoms with Crippen molar-refractivity contribution >= 4 is 15.9 Å². The van der Waals surface area contributed by atoms with E-state index >= 15 is 0 Å². The number of hydrogen-bond acceptors (Lipinski definition) is 2. The molecule has 86 valence electrons. The quantitative estimate of drug-likeness (QED) is 0.896. The molecule has 2 saturated carbocycles. The number of benzene rings is 1. The van der Waals surface area contributed by atoms with Crippen LogP contribution in [-0.4, -0.2) is 11.2 Å². The molecule has 0 saturated heterocycles. The summed E-state index contributed by atoms with van der Waals surface area (Å²) in [6.07, 6.45) is 5.47. The molecule has 2 bridgehead atoms. The summed E-state index contributed by atoms with van der Waals surface area (Å²) < 4.78 is 6.89. The van der Waals surface area contributed by atoms with E-state index in [1.54, 1.807) is 6.07 Å². The lowest BCUT2D eigenvalue weighted by Gasteiger charge is -2.23. The summed E-state index contributed by atoms with van der Waals surface area (Å²) in [7, 11) is 0. The fourth-order valence-electron chi connectivity index (χ4n) is 3.08. The molecule has 2 aliphatic rings. The molecule has 0 unspecified atom stereocenters. The lowest BCUT2D eigenvalue weighted by molar-refractivity contribution is 0.134. The van der Waals surface area contributed by atoms with Crippen LogP contribution in [-0.2, 0) is 0 Å². The smallest absolute Gasteiger partial charge is 0.162 e. The number of fused-ring (bicyclic) bond motifs is 2. The van der Waals surface area contributed by atoms with Crippen LogP contribution in [0, 0.1) is 11.8 Å². The van der Waals surface area contributed by atoms with E-state index in [1.807, 2.05) is 12.1 Å². The van der Waals surface area contributed by atoms with Gasteiger partial charge in [0.25, 0.3) is 0 Å². The average molecular weight is 283 g/mol. The van der Waals surface area contributed by atoms with Gasteiger partial charge in [-0.15, -0.1) is 0 Å². The van der Waals surface area contributed by atoms with Crippen molar-refractivity contribution in [1.29, 1.82) is 0 Å². The summed E-state index contributed by atoms with van der Waals surface area (Å²) in [5.74, 6) is 2.44. The van der Waals surface area contributed by atoms with E-state index in [9.17, 15) is 5.11 Å². The number of rotatable bonds is 2. The molecule has 1 aromatic rings. The minimum atomic E-state index is 0.242. The molecule has 0 aliphatic heterocycles. The molecular formula is C13H15BrO2. The van der Waals surface area contributed by atoms with Gasteiger partial charge in [-0.25, -0.2) is 0 Å². The Balaban J connectivity index is 1.76. The zero-order valence-electron chi connectivity index (χ0n) is 9.03. The Labute approximate surface area is 104 Å². The van der Waals surface area contributed by atoms with Crippen molar-refractivity contribution in [3.8, 4) is 11.5 Å². The van der Waals surface area contributed by atoms with Crippen LogP contribution in [0.1, 0.15) is 25.7 Å². The van der Waals surface area contributed by atoms with Crippen molar-refractivity contribution in [2.45, 2.75) is 31.8 Å². The standard InChI is InChI=1S/C13H15BrO2/c14-10-3-4-11(15)13(7-10)16-12-6-8-1-2-9(12)5-8/h3-4,7-9,12,15H,1-2,5-6H2/t8-,9-,12-/m0/s1. The van der Waals surface area contributed by atoms with Crippen molar-refractivity contribution in [2.75, 3.05) is 0 Å². The van der Waals surface area contributed by atoms with Crippen LogP contribution < -0.4 is 4.74 Å². The van der Waals surface area contributed by atoms with Crippen molar-refractivity contribution in [3.05, 3.63) is 22.7 Å². The number of halogens is 1. The van der Waals surface area contributed by atoms with E-state index in [0.29, 0.717) is 17.8 Å². The van der Waals surface area contributed by atoms with Gasteiger partial charge in [0.05, 0.1) is 0 Å². The Bertz CT molecular complexity index is 405. The van der Waals surface area contributed by atoms with Crippen LogP contribution in [0.15, 0.2) is 22.7 Å². The molecule has 0 amide bonds. The Morgan fingerprint density at radius 2 is 2.12 bits per heavy atom. The van der Waals surface area contributed by atoms with E-state index < -0.39 is 0 Å². The summed E-state index contributed by atoms with van der Waals surface area (Å²) in [6.45, 7) is 0. The Kier molecular flexibility index (Phi) is 2.58. The van der Waals surface area contributed by atoms with Gasteiger partial charge in [-0.05, 0) is 55.7 Å². The van der Waals surface area contributed by atoms with E-state index in [4.69, 9.17) is 4.74 Å². The highest BCUT2D eigenvalue weighted by atomic mass is 79.9. The van der Waals surface area contributed by atoms with Crippen molar-refractivity contribution < 1.29 is 9.84 Å². The number of phenolic OH excluding ortho intramolecular Hbond substituents is 1. The molecule has 0 spiro atoms. The fraction of sp³-hybridized carbons (Fsp3) is 0.538. The molecular weight excluding hydrogens is 268 g/mol. The monoisotopic (exact) mass is 282 g/mol. The van der Waals surface area contributed by atoms with E-state index in [-0.39, 0.29) is 5.75 Å². The zero-order valence-corrected chi connectivity index (χ0v) is 10.6. The van der Waals surface area contributed by atoms with Crippen LogP contribution in [0.25, 0.3) is 0 Å². The maximum Gasteiger partial charge on any atom is 0.162 e. The van der Waals surface area contributed by atoms with Gasteiger partial charge in [0, 0.05) is 4.47 Å². The first-order valence-corrected chi connectivity index (χ1v) is 6.67. The number of phenols is 1. The van der Waals surface area contributed by atoms with Crippen LogP contribution in [0.2, 0.25) is 0 Å². The summed E-state index contributed by atoms with van der Waals surface area (Å²) in [6, 6.07) is 5.34. The largest absolute Gasteiger partial charge is 0.504 e. The highest BCUT2D eigenvalue weighted by Gasteiger charge is 2.41. The molecule has 2 fully saturated rings. The van der Waals surface area contributed by atoms with E-state index in [0.717, 1.165) is 16.8 Å². The Morgan fingerprint density at radius 3 is 2.81 bits per heavy atom. The first kappa shape index (κ1) is 10.5. The SMILES string of the molecule is Oc1ccc(Br)cc1O[C@H]1C[C@H]2CC[C@H]1C2. The molecule has 0 heterocycles. The second kappa shape index (κ2) is 3.95. The Hall–Kier alpha value is -0.700. The lowest BCUT2D eigenvalue weighted by atomic mass is 9.98. The maximum atomic E-state index is 9.72. The third-order valence-corrected chi connectivity index (χ3v) is 4.37. The molecule has 3 rings (SSSR count). The number of hydrogen-bond donors (Lipinski definition) is 1. The maximum absolute atomic E-state index is 9.72. The lowest BCUT2D eigenvalue weighted by Crippen LogP contribution is -2.23. The van der Waals surface area contributed by atoms with Gasteiger partial charge in [-0.2, -0.15) is 0 Å². The van der Waals surface area contributed by atoms with Crippen molar-refractivity contribution in [3.63, 3.8) is 0 Å². The van der Waals surface area contributed by atoms with Gasteiger partial charge in [0.2, 0.25) is 0 Å². The second-order valence-corrected chi connectivity index (χ2v) is 5.86. The Morgan fingerprint density at radius 1 is 1.25 bits per heavy atom. The average Bonchev–Trinajstić information content (AvgIpc) is 2.85. The molecule has 3 heteroatoms. The zero-order chi connectivity index (χ0) is 11.1. The summed E-state index contributed by atoms with van der Waals surface area (Å²) >= 11 is 3.40. The van der Waals surface area contributed by atoms with Crippen LogP contribution in [0.4, 0.5) is 0 Å². The van der Waals surface area contributed by atoms with Gasteiger partial charge in [-0.1, -0.05) is 15.9 Å². The molecule has 16 heavy (non-hydrogen) atoms. The predicted molar refractivity (Wildman–Crippen MR) is 65.7 cm³/mol. The molecule has 2 aliphatic carbocycles. The molecule has 0 radical (unpaired) electrons. The minimum absolute atomic E-state index is 0.242. The first-order valence-electron chi connectivity index (χ1n) is 5.87. The second-order valence-electron chi connectivity index (χ2n) is 4.94. The van der Waals surface area contributed by atoms with Gasteiger partial charge in [-0.3, -0.25) is 0 Å².